The summed E-state index contributed by atoms with van der Waals surface area (Å²) in [5, 5.41) is 9.14. The summed E-state index contributed by atoms with van der Waals surface area (Å²) in [6, 6.07) is -0.181. The van der Waals surface area contributed by atoms with Crippen molar-refractivity contribution in [3.63, 3.8) is 0 Å². The Kier molecular flexibility index (Phi) is 5.73. The number of carbonyl (C=O) groups is 1. The van der Waals surface area contributed by atoms with Crippen LogP contribution < -0.4 is 0 Å². The highest BCUT2D eigenvalue weighted by Gasteiger charge is 2.26. The predicted molar refractivity (Wildman–Crippen MR) is 59.1 cm³/mol. The van der Waals surface area contributed by atoms with Gasteiger partial charge < -0.3 is 19.5 Å². The second-order valence-corrected chi connectivity index (χ2v) is 4.08. The molecular formula is C11H21NO4. The fraction of sp³-hybridized carbons (Fsp3) is 0.909. The number of carbonyl (C=O) groups excluding carboxylic acids is 1. The summed E-state index contributed by atoms with van der Waals surface area (Å²) >= 11 is 0. The van der Waals surface area contributed by atoms with Crippen LogP contribution in [0.15, 0.2) is 0 Å². The number of ether oxygens (including phenoxy) is 2. The molecule has 1 amide bonds. The van der Waals surface area contributed by atoms with Gasteiger partial charge in [0.25, 0.3) is 0 Å². The Bertz CT molecular complexity index is 222. The largest absolute Gasteiger partial charge is 0.394 e. The average molecular weight is 231 g/mol. The Morgan fingerprint density at radius 3 is 3.06 bits per heavy atom. The lowest BCUT2D eigenvalue weighted by molar-refractivity contribution is -0.142. The summed E-state index contributed by atoms with van der Waals surface area (Å²) in [5.74, 6) is 0.0752. The van der Waals surface area contributed by atoms with Gasteiger partial charge in [-0.25, -0.2) is 0 Å². The molecule has 0 saturated carbocycles. The van der Waals surface area contributed by atoms with Gasteiger partial charge in [0.2, 0.25) is 5.91 Å². The molecule has 1 aliphatic heterocycles. The molecule has 1 fully saturated rings. The van der Waals surface area contributed by atoms with E-state index in [0.717, 1.165) is 0 Å². The second kappa shape index (κ2) is 6.83. The first-order valence-electron chi connectivity index (χ1n) is 5.70. The van der Waals surface area contributed by atoms with Gasteiger partial charge in [-0.1, -0.05) is 0 Å². The third-order valence-corrected chi connectivity index (χ3v) is 2.93. The molecule has 0 aromatic carbocycles. The molecule has 0 spiro atoms. The van der Waals surface area contributed by atoms with Crippen LogP contribution in [0.2, 0.25) is 0 Å². The highest BCUT2D eigenvalue weighted by atomic mass is 16.5. The van der Waals surface area contributed by atoms with E-state index in [9.17, 15) is 4.79 Å². The van der Waals surface area contributed by atoms with Crippen LogP contribution in [-0.4, -0.2) is 61.5 Å². The molecule has 0 aromatic heterocycles. The van der Waals surface area contributed by atoms with Crippen LogP contribution in [0.1, 0.15) is 19.8 Å². The SMILES string of the molecule is COC(C)CCC(=O)N1CCOCC1CO. The number of rotatable bonds is 5. The van der Waals surface area contributed by atoms with E-state index in [1.165, 1.54) is 0 Å². The molecule has 0 radical (unpaired) electrons. The Balaban J connectivity index is 2.38. The second-order valence-electron chi connectivity index (χ2n) is 4.08. The molecule has 5 heteroatoms. The predicted octanol–water partition coefficient (Wildman–Crippen LogP) is 0.0212. The molecule has 1 heterocycles. The van der Waals surface area contributed by atoms with Gasteiger partial charge in [0.15, 0.2) is 0 Å². The van der Waals surface area contributed by atoms with E-state index in [0.29, 0.717) is 32.6 Å². The van der Waals surface area contributed by atoms with E-state index >= 15 is 0 Å². The fourth-order valence-corrected chi connectivity index (χ4v) is 1.72. The Morgan fingerprint density at radius 1 is 1.69 bits per heavy atom. The van der Waals surface area contributed by atoms with Gasteiger partial charge in [-0.05, 0) is 13.3 Å². The number of hydrogen-bond donors (Lipinski definition) is 1. The molecule has 1 rings (SSSR count). The van der Waals surface area contributed by atoms with E-state index in [-0.39, 0.29) is 24.7 Å². The first-order chi connectivity index (χ1) is 7.69. The number of amides is 1. The number of hydrogen-bond acceptors (Lipinski definition) is 4. The zero-order valence-corrected chi connectivity index (χ0v) is 10.0. The molecule has 2 atom stereocenters. The molecule has 94 valence electrons. The van der Waals surface area contributed by atoms with Crippen molar-refractivity contribution in [2.75, 3.05) is 33.5 Å². The van der Waals surface area contributed by atoms with Gasteiger partial charge in [-0.15, -0.1) is 0 Å². The quantitative estimate of drug-likeness (QED) is 0.724. The third-order valence-electron chi connectivity index (χ3n) is 2.93. The van der Waals surface area contributed by atoms with E-state index in [2.05, 4.69) is 0 Å². The summed E-state index contributed by atoms with van der Waals surface area (Å²) in [7, 11) is 1.64. The van der Waals surface area contributed by atoms with Gasteiger partial charge >= 0.3 is 0 Å². The van der Waals surface area contributed by atoms with Crippen molar-refractivity contribution in [2.45, 2.75) is 31.9 Å². The Morgan fingerprint density at radius 2 is 2.44 bits per heavy atom. The van der Waals surface area contributed by atoms with E-state index in [1.54, 1.807) is 12.0 Å². The van der Waals surface area contributed by atoms with Gasteiger partial charge in [0.05, 0.1) is 32.0 Å². The minimum Gasteiger partial charge on any atom is -0.394 e. The van der Waals surface area contributed by atoms with E-state index in [1.807, 2.05) is 6.92 Å². The maximum absolute atomic E-state index is 11.9. The molecule has 1 N–H and O–H groups in total. The van der Waals surface area contributed by atoms with Crippen LogP contribution in [-0.2, 0) is 14.3 Å². The van der Waals surface area contributed by atoms with Crippen molar-refractivity contribution in [1.82, 2.24) is 4.90 Å². The minimum absolute atomic E-state index is 0.0361. The van der Waals surface area contributed by atoms with Gasteiger partial charge in [-0.3, -0.25) is 4.79 Å². The molecule has 1 saturated heterocycles. The van der Waals surface area contributed by atoms with E-state index < -0.39 is 0 Å². The monoisotopic (exact) mass is 231 g/mol. The minimum atomic E-state index is -0.181. The fourth-order valence-electron chi connectivity index (χ4n) is 1.72. The summed E-state index contributed by atoms with van der Waals surface area (Å²) < 4.78 is 10.3. The molecule has 16 heavy (non-hydrogen) atoms. The van der Waals surface area contributed by atoms with Crippen molar-refractivity contribution in [2.24, 2.45) is 0 Å². The van der Waals surface area contributed by atoms with Crippen molar-refractivity contribution in [1.29, 1.82) is 0 Å². The highest BCUT2D eigenvalue weighted by molar-refractivity contribution is 5.76. The Labute approximate surface area is 96.3 Å². The van der Waals surface area contributed by atoms with Crippen molar-refractivity contribution in [3.05, 3.63) is 0 Å². The van der Waals surface area contributed by atoms with Crippen LogP contribution in [0.25, 0.3) is 0 Å². The number of methoxy groups -OCH3 is 1. The molecule has 2 unspecified atom stereocenters. The highest BCUT2D eigenvalue weighted by Crippen LogP contribution is 2.10. The maximum Gasteiger partial charge on any atom is 0.223 e. The summed E-state index contributed by atoms with van der Waals surface area (Å²) in [6.07, 6.45) is 1.27. The summed E-state index contributed by atoms with van der Waals surface area (Å²) in [6.45, 7) is 3.47. The number of aliphatic hydroxyl groups excluding tert-OH is 1. The molecular weight excluding hydrogens is 210 g/mol. The Hall–Kier alpha value is -0.650. The standard InChI is InChI=1S/C11H21NO4/c1-9(15-2)3-4-11(14)12-5-6-16-8-10(12)7-13/h9-10,13H,3-8H2,1-2H3. The normalized spacial score (nSPS) is 23.2. The van der Waals surface area contributed by atoms with Crippen molar-refractivity contribution in [3.8, 4) is 0 Å². The van der Waals surface area contributed by atoms with E-state index in [4.69, 9.17) is 14.6 Å². The maximum atomic E-state index is 11.9. The number of nitrogens with zero attached hydrogens (tertiary/aromatic N) is 1. The molecule has 1 aliphatic rings. The smallest absolute Gasteiger partial charge is 0.223 e. The van der Waals surface area contributed by atoms with Crippen LogP contribution >= 0.6 is 0 Å². The number of morpholine rings is 1. The topological polar surface area (TPSA) is 59.0 Å². The van der Waals surface area contributed by atoms with Crippen molar-refractivity contribution >= 4 is 5.91 Å². The van der Waals surface area contributed by atoms with Crippen LogP contribution in [0.5, 0.6) is 0 Å². The van der Waals surface area contributed by atoms with Crippen LogP contribution in [0.4, 0.5) is 0 Å². The molecule has 5 nitrogen and oxygen atoms in total. The number of aliphatic hydroxyl groups is 1. The lowest BCUT2D eigenvalue weighted by Gasteiger charge is -2.34. The molecule has 0 bridgehead atoms. The third kappa shape index (κ3) is 3.73. The van der Waals surface area contributed by atoms with Gasteiger partial charge in [0, 0.05) is 20.1 Å². The lowest BCUT2D eigenvalue weighted by Crippen LogP contribution is -2.50. The first kappa shape index (κ1) is 13.4. The zero-order valence-electron chi connectivity index (χ0n) is 10.0. The lowest BCUT2D eigenvalue weighted by atomic mass is 10.1. The summed E-state index contributed by atoms with van der Waals surface area (Å²) in [4.78, 5) is 13.6. The molecule has 0 aromatic rings. The van der Waals surface area contributed by atoms with Gasteiger partial charge in [0.1, 0.15) is 0 Å². The summed E-state index contributed by atoms with van der Waals surface area (Å²) in [5.41, 5.74) is 0. The first-order valence-corrected chi connectivity index (χ1v) is 5.70. The van der Waals surface area contributed by atoms with Crippen LogP contribution in [0.3, 0.4) is 0 Å². The van der Waals surface area contributed by atoms with Crippen molar-refractivity contribution < 1.29 is 19.4 Å². The zero-order chi connectivity index (χ0) is 12.0. The molecule has 0 aliphatic carbocycles. The average Bonchev–Trinajstić information content (AvgIpc) is 2.35. The van der Waals surface area contributed by atoms with Crippen LogP contribution in [0, 0.1) is 0 Å². The van der Waals surface area contributed by atoms with Gasteiger partial charge in [-0.2, -0.15) is 0 Å².